The van der Waals surface area contributed by atoms with E-state index in [1.807, 2.05) is 29.7 Å². The molecule has 0 spiro atoms. The zero-order valence-corrected chi connectivity index (χ0v) is 10.4. The Hall–Kier alpha value is -2.21. The maximum absolute atomic E-state index is 11.1. The van der Waals surface area contributed by atoms with Gasteiger partial charge < -0.3 is 5.73 Å². The van der Waals surface area contributed by atoms with E-state index in [9.17, 15) is 4.79 Å². The van der Waals surface area contributed by atoms with E-state index in [4.69, 9.17) is 5.73 Å². The number of amides is 1. The molecule has 5 nitrogen and oxygen atoms in total. The zero-order chi connectivity index (χ0) is 12.7. The van der Waals surface area contributed by atoms with Crippen molar-refractivity contribution in [1.82, 2.24) is 14.5 Å². The number of imidazole rings is 1. The predicted octanol–water partition coefficient (Wildman–Crippen LogP) is 1.89. The summed E-state index contributed by atoms with van der Waals surface area (Å²) < 4.78 is 1.92. The van der Waals surface area contributed by atoms with Gasteiger partial charge in [-0.25, -0.2) is 9.97 Å². The van der Waals surface area contributed by atoms with Crippen molar-refractivity contribution in [1.29, 1.82) is 0 Å². The van der Waals surface area contributed by atoms with Crippen molar-refractivity contribution in [2.24, 2.45) is 5.73 Å². The fourth-order valence-corrected chi connectivity index (χ4v) is 2.78. The van der Waals surface area contributed by atoms with E-state index >= 15 is 0 Å². The minimum Gasteiger partial charge on any atom is -0.365 e. The lowest BCUT2D eigenvalue weighted by molar-refractivity contribution is 0.100. The van der Waals surface area contributed by atoms with Crippen LogP contribution in [-0.2, 0) is 0 Å². The number of hydrogen-bond donors (Lipinski definition) is 1. The van der Waals surface area contributed by atoms with Gasteiger partial charge >= 0.3 is 0 Å². The van der Waals surface area contributed by atoms with Gasteiger partial charge in [0.1, 0.15) is 16.3 Å². The summed E-state index contributed by atoms with van der Waals surface area (Å²) in [6.07, 6.45) is 1.72. The number of pyridine rings is 1. The van der Waals surface area contributed by atoms with Gasteiger partial charge in [0, 0.05) is 6.20 Å². The first-order chi connectivity index (χ1) is 8.66. The van der Waals surface area contributed by atoms with E-state index in [-0.39, 0.29) is 0 Å². The quantitative estimate of drug-likeness (QED) is 0.762. The summed E-state index contributed by atoms with van der Waals surface area (Å²) in [5.41, 5.74) is 6.88. The Balaban J connectivity index is 2.24. The Labute approximate surface area is 107 Å². The molecule has 0 aliphatic heterocycles. The van der Waals surface area contributed by atoms with Crippen LogP contribution in [0, 0.1) is 6.92 Å². The van der Waals surface area contributed by atoms with E-state index in [0.29, 0.717) is 4.88 Å². The first-order valence-electron chi connectivity index (χ1n) is 5.37. The molecule has 18 heavy (non-hydrogen) atoms. The normalized spacial score (nSPS) is 10.9. The zero-order valence-electron chi connectivity index (χ0n) is 9.62. The Bertz CT molecular complexity index is 743. The number of carbonyl (C=O) groups is 1. The lowest BCUT2D eigenvalue weighted by Gasteiger charge is -2.01. The van der Waals surface area contributed by atoms with Crippen LogP contribution in [-0.4, -0.2) is 20.4 Å². The molecule has 0 fully saturated rings. The number of hydrogen-bond acceptors (Lipinski definition) is 4. The Kier molecular flexibility index (Phi) is 2.38. The minimum atomic E-state index is -0.415. The summed E-state index contributed by atoms with van der Waals surface area (Å²) in [6, 6.07) is 7.33. The standard InChI is InChI=1S/C12H10N4OS/c1-7-15-8-3-2-6-14-12(8)16(7)10-5-4-9(18-10)11(13)17/h2-6H,1H3,(H2,13,17). The minimum absolute atomic E-state index is 0.415. The lowest BCUT2D eigenvalue weighted by atomic mass is 10.4. The molecule has 0 aromatic carbocycles. The van der Waals surface area contributed by atoms with E-state index in [0.717, 1.165) is 22.0 Å². The number of nitrogens with two attached hydrogens (primary N) is 1. The van der Waals surface area contributed by atoms with Crippen LogP contribution in [0.2, 0.25) is 0 Å². The summed E-state index contributed by atoms with van der Waals surface area (Å²) >= 11 is 1.34. The fraction of sp³-hybridized carbons (Fsp3) is 0.0833. The molecule has 3 aromatic heterocycles. The number of nitrogens with zero attached hydrogens (tertiary/aromatic N) is 3. The molecule has 0 aliphatic carbocycles. The van der Waals surface area contributed by atoms with Crippen LogP contribution in [0.5, 0.6) is 0 Å². The predicted molar refractivity (Wildman–Crippen MR) is 70.0 cm³/mol. The second-order valence-corrected chi connectivity index (χ2v) is 4.90. The first kappa shape index (κ1) is 10.9. The highest BCUT2D eigenvalue weighted by atomic mass is 32.1. The molecule has 3 rings (SSSR count). The molecule has 0 radical (unpaired) electrons. The van der Waals surface area contributed by atoms with E-state index in [2.05, 4.69) is 9.97 Å². The third-order valence-corrected chi connectivity index (χ3v) is 3.72. The molecule has 2 N–H and O–H groups in total. The molecule has 0 bridgehead atoms. The van der Waals surface area contributed by atoms with Crippen LogP contribution < -0.4 is 5.73 Å². The van der Waals surface area contributed by atoms with Gasteiger partial charge in [-0.2, -0.15) is 0 Å². The highest BCUT2D eigenvalue weighted by Gasteiger charge is 2.13. The monoisotopic (exact) mass is 258 g/mol. The van der Waals surface area contributed by atoms with Gasteiger partial charge in [0.2, 0.25) is 0 Å². The van der Waals surface area contributed by atoms with Crippen molar-refractivity contribution >= 4 is 28.4 Å². The van der Waals surface area contributed by atoms with Gasteiger partial charge in [-0.3, -0.25) is 9.36 Å². The van der Waals surface area contributed by atoms with Crippen molar-refractivity contribution in [3.63, 3.8) is 0 Å². The van der Waals surface area contributed by atoms with E-state index in [1.54, 1.807) is 12.3 Å². The molecule has 0 aliphatic rings. The molecule has 0 atom stereocenters. The largest absolute Gasteiger partial charge is 0.365 e. The van der Waals surface area contributed by atoms with Crippen LogP contribution >= 0.6 is 11.3 Å². The molecule has 6 heteroatoms. The molecule has 0 saturated carbocycles. The SMILES string of the molecule is Cc1nc2cccnc2n1-c1ccc(C(N)=O)s1. The summed E-state index contributed by atoms with van der Waals surface area (Å²) in [5.74, 6) is 0.419. The molecule has 3 heterocycles. The van der Waals surface area contributed by atoms with Crippen LogP contribution in [0.15, 0.2) is 30.5 Å². The number of rotatable bonds is 2. The number of aromatic nitrogens is 3. The molecule has 1 amide bonds. The van der Waals surface area contributed by atoms with Crippen molar-refractivity contribution in [2.75, 3.05) is 0 Å². The summed E-state index contributed by atoms with van der Waals surface area (Å²) in [5, 5.41) is 0.891. The maximum Gasteiger partial charge on any atom is 0.258 e. The van der Waals surface area contributed by atoms with E-state index in [1.165, 1.54) is 11.3 Å². The molecule has 0 unspecified atom stereocenters. The molecule has 0 saturated heterocycles. The molecule has 3 aromatic rings. The van der Waals surface area contributed by atoms with Gasteiger partial charge in [0.15, 0.2) is 5.65 Å². The lowest BCUT2D eigenvalue weighted by Crippen LogP contribution is -2.08. The fourth-order valence-electron chi connectivity index (χ4n) is 1.87. The van der Waals surface area contributed by atoms with Crippen molar-refractivity contribution in [3.8, 4) is 5.00 Å². The van der Waals surface area contributed by atoms with Crippen LogP contribution in [0.25, 0.3) is 16.2 Å². The molecular weight excluding hydrogens is 248 g/mol. The van der Waals surface area contributed by atoms with Crippen molar-refractivity contribution in [2.45, 2.75) is 6.92 Å². The van der Waals surface area contributed by atoms with Crippen molar-refractivity contribution in [3.05, 3.63) is 41.2 Å². The number of primary amides is 1. The Morgan fingerprint density at radius 3 is 2.94 bits per heavy atom. The van der Waals surface area contributed by atoms with Crippen molar-refractivity contribution < 1.29 is 4.79 Å². The van der Waals surface area contributed by atoms with Gasteiger partial charge in [-0.15, -0.1) is 11.3 Å². The number of fused-ring (bicyclic) bond motifs is 1. The summed E-state index contributed by atoms with van der Waals surface area (Å²) in [7, 11) is 0. The Morgan fingerprint density at radius 1 is 1.39 bits per heavy atom. The van der Waals surface area contributed by atoms with E-state index < -0.39 is 5.91 Å². The topological polar surface area (TPSA) is 73.8 Å². The van der Waals surface area contributed by atoms with Gasteiger partial charge in [-0.1, -0.05) is 0 Å². The highest BCUT2D eigenvalue weighted by molar-refractivity contribution is 7.16. The smallest absolute Gasteiger partial charge is 0.258 e. The van der Waals surface area contributed by atoms with Gasteiger partial charge in [-0.05, 0) is 31.2 Å². The second-order valence-electron chi connectivity index (χ2n) is 3.84. The third kappa shape index (κ3) is 1.58. The number of aryl methyl sites for hydroxylation is 1. The van der Waals surface area contributed by atoms with Crippen LogP contribution in [0.1, 0.15) is 15.5 Å². The first-order valence-corrected chi connectivity index (χ1v) is 6.18. The molecule has 90 valence electrons. The van der Waals surface area contributed by atoms with Crippen LogP contribution in [0.3, 0.4) is 0 Å². The van der Waals surface area contributed by atoms with Crippen LogP contribution in [0.4, 0.5) is 0 Å². The second kappa shape index (κ2) is 3.92. The average Bonchev–Trinajstić information content (AvgIpc) is 2.91. The number of thiophene rings is 1. The highest BCUT2D eigenvalue weighted by Crippen LogP contribution is 2.25. The summed E-state index contributed by atoms with van der Waals surface area (Å²) in [6.45, 7) is 1.91. The maximum atomic E-state index is 11.1. The average molecular weight is 258 g/mol. The number of carbonyl (C=O) groups excluding carboxylic acids is 1. The summed E-state index contributed by atoms with van der Waals surface area (Å²) in [4.78, 5) is 20.4. The third-order valence-electron chi connectivity index (χ3n) is 2.64. The van der Waals surface area contributed by atoms with Gasteiger partial charge in [0.05, 0.1) is 4.88 Å². The van der Waals surface area contributed by atoms with Gasteiger partial charge in [0.25, 0.3) is 5.91 Å². The molecular formula is C12H10N4OS. The Morgan fingerprint density at radius 2 is 2.22 bits per heavy atom.